The average molecular weight is 315 g/mol. The lowest BCUT2D eigenvalue weighted by Crippen LogP contribution is -2.09. The standard InChI is InChI=1S/C22H34O/c1-4-6-7-16-23-22-14-12-21(13-15-22)20-10-8-19(9-11-20)17-18(3)5-2/h10,12-15,18-19H,4-9,11,16-17H2,1-3H3. The first-order chi connectivity index (χ1) is 11.2. The van der Waals surface area contributed by atoms with E-state index in [2.05, 4.69) is 51.1 Å². The Kier molecular flexibility index (Phi) is 7.71. The van der Waals surface area contributed by atoms with Crippen molar-refractivity contribution in [3.8, 4) is 5.75 Å². The summed E-state index contributed by atoms with van der Waals surface area (Å²) in [5.41, 5.74) is 2.91. The van der Waals surface area contributed by atoms with Crippen molar-refractivity contribution < 1.29 is 4.74 Å². The van der Waals surface area contributed by atoms with Crippen molar-refractivity contribution in [1.29, 1.82) is 0 Å². The van der Waals surface area contributed by atoms with Crippen molar-refractivity contribution in [1.82, 2.24) is 0 Å². The first-order valence-corrected chi connectivity index (χ1v) is 9.65. The van der Waals surface area contributed by atoms with Crippen LogP contribution in [0.1, 0.15) is 77.7 Å². The van der Waals surface area contributed by atoms with Gasteiger partial charge in [-0.1, -0.05) is 58.2 Å². The van der Waals surface area contributed by atoms with Crippen LogP contribution < -0.4 is 4.74 Å². The molecule has 23 heavy (non-hydrogen) atoms. The Morgan fingerprint density at radius 1 is 1.13 bits per heavy atom. The monoisotopic (exact) mass is 314 g/mol. The number of rotatable bonds is 9. The topological polar surface area (TPSA) is 9.23 Å². The normalized spacial score (nSPS) is 19.3. The van der Waals surface area contributed by atoms with Gasteiger partial charge < -0.3 is 4.74 Å². The quantitative estimate of drug-likeness (QED) is 0.452. The lowest BCUT2D eigenvalue weighted by atomic mass is 9.81. The van der Waals surface area contributed by atoms with Crippen molar-refractivity contribution in [3.05, 3.63) is 35.9 Å². The zero-order valence-corrected chi connectivity index (χ0v) is 15.3. The molecule has 1 aliphatic rings. The van der Waals surface area contributed by atoms with Crippen molar-refractivity contribution in [2.45, 2.75) is 72.1 Å². The third kappa shape index (κ3) is 6.05. The fraction of sp³-hybridized carbons (Fsp3) is 0.636. The van der Waals surface area contributed by atoms with Crippen LogP contribution in [0, 0.1) is 11.8 Å². The van der Waals surface area contributed by atoms with Crippen molar-refractivity contribution in [2.75, 3.05) is 6.61 Å². The second kappa shape index (κ2) is 9.80. The van der Waals surface area contributed by atoms with E-state index in [1.54, 1.807) is 0 Å². The molecule has 0 spiro atoms. The molecule has 1 aromatic carbocycles. The Labute approximate surface area is 143 Å². The Bertz CT molecular complexity index is 471. The molecule has 1 heteroatoms. The Morgan fingerprint density at radius 3 is 2.52 bits per heavy atom. The van der Waals surface area contributed by atoms with E-state index in [1.807, 2.05) is 0 Å². The van der Waals surface area contributed by atoms with E-state index in [1.165, 1.54) is 56.1 Å². The molecule has 0 radical (unpaired) electrons. The molecule has 0 fully saturated rings. The maximum absolute atomic E-state index is 5.80. The van der Waals surface area contributed by atoms with E-state index < -0.39 is 0 Å². The van der Waals surface area contributed by atoms with E-state index in [4.69, 9.17) is 4.74 Å². The number of ether oxygens (including phenoxy) is 1. The van der Waals surface area contributed by atoms with Crippen LogP contribution in [0.5, 0.6) is 5.75 Å². The van der Waals surface area contributed by atoms with Crippen LogP contribution >= 0.6 is 0 Å². The largest absolute Gasteiger partial charge is 0.494 e. The molecular formula is C22H34O. The molecule has 1 aromatic rings. The second-order valence-corrected chi connectivity index (χ2v) is 7.20. The van der Waals surface area contributed by atoms with Gasteiger partial charge in [0.1, 0.15) is 5.75 Å². The summed E-state index contributed by atoms with van der Waals surface area (Å²) in [4.78, 5) is 0. The zero-order valence-electron chi connectivity index (χ0n) is 15.3. The zero-order chi connectivity index (χ0) is 16.5. The third-order valence-electron chi connectivity index (χ3n) is 5.19. The van der Waals surface area contributed by atoms with E-state index in [0.29, 0.717) is 0 Å². The molecule has 2 rings (SSSR count). The van der Waals surface area contributed by atoms with Gasteiger partial charge in [-0.05, 0) is 67.2 Å². The van der Waals surface area contributed by atoms with Crippen LogP contribution in [0.2, 0.25) is 0 Å². The Morgan fingerprint density at radius 2 is 1.91 bits per heavy atom. The highest BCUT2D eigenvalue weighted by Gasteiger charge is 2.17. The van der Waals surface area contributed by atoms with E-state index in [-0.39, 0.29) is 0 Å². The van der Waals surface area contributed by atoms with Gasteiger partial charge in [-0.25, -0.2) is 0 Å². The molecule has 1 aliphatic carbocycles. The van der Waals surface area contributed by atoms with Crippen molar-refractivity contribution in [3.63, 3.8) is 0 Å². The fourth-order valence-electron chi connectivity index (χ4n) is 3.41. The summed E-state index contributed by atoms with van der Waals surface area (Å²) < 4.78 is 5.80. The average Bonchev–Trinajstić information content (AvgIpc) is 2.60. The minimum atomic E-state index is 0.840. The first-order valence-electron chi connectivity index (χ1n) is 9.65. The van der Waals surface area contributed by atoms with Crippen LogP contribution in [0.4, 0.5) is 0 Å². The Balaban J connectivity index is 1.83. The summed E-state index contributed by atoms with van der Waals surface area (Å²) in [6.45, 7) is 7.76. The highest BCUT2D eigenvalue weighted by molar-refractivity contribution is 5.66. The predicted molar refractivity (Wildman–Crippen MR) is 101 cm³/mol. The molecule has 0 saturated carbocycles. The fourth-order valence-corrected chi connectivity index (χ4v) is 3.41. The van der Waals surface area contributed by atoms with Crippen molar-refractivity contribution >= 4 is 5.57 Å². The second-order valence-electron chi connectivity index (χ2n) is 7.20. The van der Waals surface area contributed by atoms with Gasteiger partial charge in [-0.3, -0.25) is 0 Å². The van der Waals surface area contributed by atoms with Gasteiger partial charge in [-0.15, -0.1) is 0 Å². The van der Waals surface area contributed by atoms with Crippen LogP contribution in [-0.2, 0) is 0 Å². The predicted octanol–water partition coefficient (Wildman–Crippen LogP) is 6.88. The highest BCUT2D eigenvalue weighted by atomic mass is 16.5. The summed E-state index contributed by atoms with van der Waals surface area (Å²) in [7, 11) is 0. The number of allylic oxidation sites excluding steroid dienone is 2. The maximum atomic E-state index is 5.80. The summed E-state index contributed by atoms with van der Waals surface area (Å²) in [6.07, 6.45) is 12.7. The van der Waals surface area contributed by atoms with Gasteiger partial charge in [-0.2, -0.15) is 0 Å². The van der Waals surface area contributed by atoms with Gasteiger partial charge in [0.15, 0.2) is 0 Å². The number of hydrogen-bond donors (Lipinski definition) is 0. The van der Waals surface area contributed by atoms with E-state index >= 15 is 0 Å². The molecule has 0 saturated heterocycles. The minimum absolute atomic E-state index is 0.840. The molecule has 1 nitrogen and oxygen atoms in total. The molecular weight excluding hydrogens is 280 g/mol. The van der Waals surface area contributed by atoms with Gasteiger partial charge >= 0.3 is 0 Å². The molecule has 2 atom stereocenters. The summed E-state index contributed by atoms with van der Waals surface area (Å²) in [5, 5.41) is 0. The molecule has 0 aromatic heterocycles. The lowest BCUT2D eigenvalue weighted by molar-refractivity contribution is 0.306. The maximum Gasteiger partial charge on any atom is 0.119 e. The third-order valence-corrected chi connectivity index (χ3v) is 5.19. The first kappa shape index (κ1) is 18.1. The number of hydrogen-bond acceptors (Lipinski definition) is 1. The molecule has 128 valence electrons. The van der Waals surface area contributed by atoms with Crippen LogP contribution in [0.15, 0.2) is 30.3 Å². The van der Waals surface area contributed by atoms with Gasteiger partial charge in [0.25, 0.3) is 0 Å². The Hall–Kier alpha value is -1.24. The summed E-state index contributed by atoms with van der Waals surface area (Å²) in [5.74, 6) is 2.78. The minimum Gasteiger partial charge on any atom is -0.494 e. The van der Waals surface area contributed by atoms with Gasteiger partial charge in [0, 0.05) is 0 Å². The highest BCUT2D eigenvalue weighted by Crippen LogP contribution is 2.34. The van der Waals surface area contributed by atoms with Gasteiger partial charge in [0.05, 0.1) is 6.61 Å². The van der Waals surface area contributed by atoms with Crippen LogP contribution in [0.3, 0.4) is 0 Å². The van der Waals surface area contributed by atoms with E-state index in [9.17, 15) is 0 Å². The summed E-state index contributed by atoms with van der Waals surface area (Å²) in [6, 6.07) is 8.73. The lowest BCUT2D eigenvalue weighted by Gasteiger charge is -2.24. The molecule has 0 N–H and O–H groups in total. The van der Waals surface area contributed by atoms with Crippen LogP contribution in [0.25, 0.3) is 5.57 Å². The molecule has 0 aliphatic heterocycles. The smallest absolute Gasteiger partial charge is 0.119 e. The van der Waals surface area contributed by atoms with E-state index in [0.717, 1.165) is 30.6 Å². The number of benzene rings is 1. The van der Waals surface area contributed by atoms with Crippen molar-refractivity contribution in [2.24, 2.45) is 11.8 Å². The number of unbranched alkanes of at least 4 members (excludes halogenated alkanes) is 2. The molecule has 0 amide bonds. The summed E-state index contributed by atoms with van der Waals surface area (Å²) >= 11 is 0. The van der Waals surface area contributed by atoms with Gasteiger partial charge in [0.2, 0.25) is 0 Å². The molecule has 0 bridgehead atoms. The SMILES string of the molecule is CCCCCOc1ccc(C2=CCC(CC(C)CC)CC2)cc1. The molecule has 2 unspecified atom stereocenters. The van der Waals surface area contributed by atoms with Crippen LogP contribution in [-0.4, -0.2) is 6.61 Å². The molecule has 0 heterocycles.